The molecule has 1 N–H and O–H groups in total. The molecule has 1 unspecified atom stereocenters. The molecule has 0 spiro atoms. The zero-order chi connectivity index (χ0) is 13.6. The molecule has 0 saturated heterocycles. The fraction of sp³-hybridized carbons (Fsp3) is 0.200. The van der Waals surface area contributed by atoms with Gasteiger partial charge in [-0.15, -0.1) is 0 Å². The van der Waals surface area contributed by atoms with Gasteiger partial charge in [-0.2, -0.15) is 0 Å². The van der Waals surface area contributed by atoms with E-state index in [1.807, 2.05) is 26.0 Å². The fourth-order valence-electron chi connectivity index (χ4n) is 2.30. The standard InChI is InChI=1S/C15H15O3P/c1-3-11-5-7-13-15(9-11)19(16,17)14-8-10(2)4-6-12(14)18-13/h4-9H,3H2,1-2H3,(H,16,17). The number of hydrogen-bond donors (Lipinski definition) is 1. The second kappa shape index (κ2) is 4.22. The van der Waals surface area contributed by atoms with Crippen molar-refractivity contribution in [2.24, 2.45) is 0 Å². The van der Waals surface area contributed by atoms with E-state index in [-0.39, 0.29) is 0 Å². The predicted molar refractivity (Wildman–Crippen MR) is 76.2 cm³/mol. The maximum Gasteiger partial charge on any atom is 0.266 e. The molecule has 0 bridgehead atoms. The summed E-state index contributed by atoms with van der Waals surface area (Å²) in [5.41, 5.74) is 1.99. The van der Waals surface area contributed by atoms with E-state index in [0.29, 0.717) is 22.1 Å². The van der Waals surface area contributed by atoms with Gasteiger partial charge in [-0.1, -0.05) is 24.6 Å². The van der Waals surface area contributed by atoms with E-state index in [1.165, 1.54) is 0 Å². The van der Waals surface area contributed by atoms with Crippen molar-refractivity contribution < 1.29 is 14.2 Å². The van der Waals surface area contributed by atoms with E-state index in [4.69, 9.17) is 4.74 Å². The van der Waals surface area contributed by atoms with E-state index >= 15 is 0 Å². The number of hydrogen-bond acceptors (Lipinski definition) is 2. The first-order valence-electron chi connectivity index (χ1n) is 6.27. The summed E-state index contributed by atoms with van der Waals surface area (Å²) in [5, 5.41) is 0.804. The smallest absolute Gasteiger partial charge is 0.266 e. The van der Waals surface area contributed by atoms with Crippen molar-refractivity contribution in [3.8, 4) is 11.5 Å². The Kier molecular flexibility index (Phi) is 2.77. The van der Waals surface area contributed by atoms with Gasteiger partial charge < -0.3 is 9.63 Å². The maximum absolute atomic E-state index is 12.8. The molecule has 0 aliphatic carbocycles. The van der Waals surface area contributed by atoms with Crippen LogP contribution in [-0.4, -0.2) is 4.89 Å². The third-order valence-electron chi connectivity index (χ3n) is 3.42. The largest absolute Gasteiger partial charge is 0.456 e. The Balaban J connectivity index is 2.25. The van der Waals surface area contributed by atoms with Crippen LogP contribution in [0.15, 0.2) is 36.4 Å². The molecule has 1 atom stereocenters. The molecule has 0 radical (unpaired) electrons. The van der Waals surface area contributed by atoms with Crippen LogP contribution in [0, 0.1) is 6.92 Å². The van der Waals surface area contributed by atoms with Crippen LogP contribution in [0.3, 0.4) is 0 Å². The summed E-state index contributed by atoms with van der Waals surface area (Å²) in [6, 6.07) is 10.9. The summed E-state index contributed by atoms with van der Waals surface area (Å²) in [7, 11) is -3.56. The van der Waals surface area contributed by atoms with E-state index < -0.39 is 7.37 Å². The Morgan fingerprint density at radius 1 is 1.11 bits per heavy atom. The number of rotatable bonds is 1. The average Bonchev–Trinajstić information content (AvgIpc) is 2.40. The summed E-state index contributed by atoms with van der Waals surface area (Å²) in [4.78, 5) is 10.5. The van der Waals surface area contributed by atoms with Crippen molar-refractivity contribution >= 4 is 18.0 Å². The molecular formula is C15H15O3P. The first-order valence-corrected chi connectivity index (χ1v) is 7.93. The van der Waals surface area contributed by atoms with Crippen LogP contribution in [0.4, 0.5) is 0 Å². The summed E-state index contributed by atoms with van der Waals surface area (Å²) in [6.45, 7) is 3.92. The lowest BCUT2D eigenvalue weighted by Gasteiger charge is -2.25. The lowest BCUT2D eigenvalue weighted by molar-refractivity contribution is 0.465. The zero-order valence-corrected chi connectivity index (χ0v) is 11.8. The third kappa shape index (κ3) is 1.90. The molecule has 1 aliphatic rings. The molecule has 3 rings (SSSR count). The molecule has 0 amide bonds. The minimum Gasteiger partial charge on any atom is -0.456 e. The minimum absolute atomic E-state index is 0.397. The van der Waals surface area contributed by atoms with Crippen molar-refractivity contribution in [2.45, 2.75) is 20.3 Å². The van der Waals surface area contributed by atoms with Crippen LogP contribution in [0.5, 0.6) is 11.5 Å². The summed E-state index contributed by atoms with van der Waals surface area (Å²) >= 11 is 0. The van der Waals surface area contributed by atoms with Gasteiger partial charge in [-0.25, -0.2) is 0 Å². The zero-order valence-electron chi connectivity index (χ0n) is 10.9. The molecule has 3 nitrogen and oxygen atoms in total. The van der Waals surface area contributed by atoms with Gasteiger partial charge in [0.05, 0.1) is 10.6 Å². The second-order valence-corrected chi connectivity index (χ2v) is 6.92. The molecule has 4 heteroatoms. The third-order valence-corrected chi connectivity index (χ3v) is 5.42. The molecule has 0 saturated carbocycles. The topological polar surface area (TPSA) is 46.5 Å². The van der Waals surface area contributed by atoms with Gasteiger partial charge in [0.25, 0.3) is 7.37 Å². The van der Waals surface area contributed by atoms with Crippen molar-refractivity contribution in [1.82, 2.24) is 0 Å². The first-order chi connectivity index (χ1) is 9.02. The maximum atomic E-state index is 12.8. The number of benzene rings is 2. The van der Waals surface area contributed by atoms with Gasteiger partial charge in [-0.05, 0) is 43.2 Å². The molecule has 98 valence electrons. The SMILES string of the molecule is CCc1ccc2c(c1)P(=O)(O)c1cc(C)ccc1O2. The van der Waals surface area contributed by atoms with E-state index in [1.54, 1.807) is 24.3 Å². The van der Waals surface area contributed by atoms with E-state index in [2.05, 4.69) is 0 Å². The average molecular weight is 274 g/mol. The van der Waals surface area contributed by atoms with Crippen molar-refractivity contribution in [2.75, 3.05) is 0 Å². The van der Waals surface area contributed by atoms with Gasteiger partial charge in [0, 0.05) is 0 Å². The number of ether oxygens (including phenoxy) is 1. The Labute approximate surface area is 112 Å². The highest BCUT2D eigenvalue weighted by atomic mass is 31.2. The predicted octanol–water partition coefficient (Wildman–Crippen LogP) is 2.88. The van der Waals surface area contributed by atoms with Crippen molar-refractivity contribution in [3.63, 3.8) is 0 Å². The molecule has 0 fully saturated rings. The van der Waals surface area contributed by atoms with Crippen LogP contribution in [0.25, 0.3) is 0 Å². The van der Waals surface area contributed by atoms with Gasteiger partial charge in [0.2, 0.25) is 0 Å². The lowest BCUT2D eigenvalue weighted by atomic mass is 10.1. The second-order valence-electron chi connectivity index (χ2n) is 4.80. The van der Waals surface area contributed by atoms with E-state index in [0.717, 1.165) is 17.5 Å². The Bertz CT molecular complexity index is 707. The highest BCUT2D eigenvalue weighted by Gasteiger charge is 2.35. The molecule has 1 aliphatic heterocycles. The molecule has 19 heavy (non-hydrogen) atoms. The van der Waals surface area contributed by atoms with Gasteiger partial charge >= 0.3 is 0 Å². The highest BCUT2D eigenvalue weighted by molar-refractivity contribution is 7.74. The van der Waals surface area contributed by atoms with Crippen LogP contribution < -0.4 is 15.3 Å². The highest BCUT2D eigenvalue weighted by Crippen LogP contribution is 2.49. The summed E-state index contributed by atoms with van der Waals surface area (Å²) in [6.07, 6.45) is 0.827. The molecule has 0 aromatic heterocycles. The van der Waals surface area contributed by atoms with Crippen LogP contribution in [0.2, 0.25) is 0 Å². The van der Waals surface area contributed by atoms with Gasteiger partial charge in [0.1, 0.15) is 11.5 Å². The Hall–Kier alpha value is -1.57. The molecular weight excluding hydrogens is 259 g/mol. The van der Waals surface area contributed by atoms with Gasteiger partial charge in [-0.3, -0.25) is 4.57 Å². The van der Waals surface area contributed by atoms with Crippen LogP contribution in [-0.2, 0) is 11.0 Å². The summed E-state index contributed by atoms with van der Waals surface area (Å²) in [5.74, 6) is 0.965. The lowest BCUT2D eigenvalue weighted by Crippen LogP contribution is -2.24. The molecule has 2 aromatic carbocycles. The molecule has 1 heterocycles. The fourth-order valence-corrected chi connectivity index (χ4v) is 4.12. The van der Waals surface area contributed by atoms with Gasteiger partial charge in [0.15, 0.2) is 0 Å². The Morgan fingerprint density at radius 3 is 2.42 bits per heavy atom. The first kappa shape index (κ1) is 12.5. The van der Waals surface area contributed by atoms with Crippen molar-refractivity contribution in [3.05, 3.63) is 47.5 Å². The van der Waals surface area contributed by atoms with Crippen LogP contribution in [0.1, 0.15) is 18.1 Å². The van der Waals surface area contributed by atoms with Crippen LogP contribution >= 0.6 is 7.37 Å². The van der Waals surface area contributed by atoms with Crippen molar-refractivity contribution in [1.29, 1.82) is 0 Å². The van der Waals surface area contributed by atoms with E-state index in [9.17, 15) is 9.46 Å². The normalized spacial score (nSPS) is 20.4. The number of aryl methyl sites for hydroxylation is 2. The quantitative estimate of drug-likeness (QED) is 0.813. The monoisotopic (exact) mass is 274 g/mol. The minimum atomic E-state index is -3.56. The summed E-state index contributed by atoms with van der Waals surface area (Å²) < 4.78 is 18.5. The molecule has 2 aromatic rings. The Morgan fingerprint density at radius 2 is 1.74 bits per heavy atom. The number of fused-ring (bicyclic) bond motifs is 2.